The molecular formula is C15H20ClNO. The maximum absolute atomic E-state index is 12.2. The lowest BCUT2D eigenvalue weighted by Gasteiger charge is -2.16. The summed E-state index contributed by atoms with van der Waals surface area (Å²) in [5, 5.41) is 0.789. The molecule has 1 atom stereocenters. The van der Waals surface area contributed by atoms with Crippen LogP contribution in [0, 0.1) is 12.8 Å². The van der Waals surface area contributed by atoms with Crippen LogP contribution in [0.2, 0.25) is 5.02 Å². The number of rotatable bonds is 4. The molecule has 1 aromatic carbocycles. The Morgan fingerprint density at radius 1 is 1.44 bits per heavy atom. The molecule has 2 nitrogen and oxygen atoms in total. The van der Waals surface area contributed by atoms with Crippen molar-refractivity contribution in [3.05, 3.63) is 34.3 Å². The predicted molar refractivity (Wildman–Crippen MR) is 74.9 cm³/mol. The molecule has 1 unspecified atom stereocenters. The van der Waals surface area contributed by atoms with Gasteiger partial charge in [0.15, 0.2) is 0 Å². The van der Waals surface area contributed by atoms with Gasteiger partial charge in [-0.2, -0.15) is 0 Å². The highest BCUT2D eigenvalue weighted by Crippen LogP contribution is 2.28. The Hall–Kier alpha value is -1.02. The van der Waals surface area contributed by atoms with Crippen LogP contribution in [0.4, 0.5) is 0 Å². The zero-order valence-electron chi connectivity index (χ0n) is 11.1. The Labute approximate surface area is 114 Å². The fourth-order valence-corrected chi connectivity index (χ4v) is 2.96. The van der Waals surface area contributed by atoms with Crippen LogP contribution in [0.5, 0.6) is 0 Å². The van der Waals surface area contributed by atoms with Gasteiger partial charge in [0.2, 0.25) is 5.91 Å². The molecule has 1 aromatic rings. The number of nitrogens with zero attached hydrogens (tertiary/aromatic N) is 1. The Morgan fingerprint density at radius 3 is 2.89 bits per heavy atom. The fraction of sp³-hybridized carbons (Fsp3) is 0.533. The highest BCUT2D eigenvalue weighted by Gasteiger charge is 2.31. The molecule has 0 radical (unpaired) electrons. The van der Waals surface area contributed by atoms with Crippen LogP contribution < -0.4 is 0 Å². The second kappa shape index (κ2) is 5.75. The molecule has 0 spiro atoms. The van der Waals surface area contributed by atoms with Crippen molar-refractivity contribution in [2.24, 2.45) is 5.92 Å². The fourth-order valence-electron chi connectivity index (χ4n) is 2.66. The van der Waals surface area contributed by atoms with E-state index in [2.05, 4.69) is 19.9 Å². The van der Waals surface area contributed by atoms with Crippen molar-refractivity contribution in [2.75, 3.05) is 13.1 Å². The van der Waals surface area contributed by atoms with E-state index < -0.39 is 0 Å². The van der Waals surface area contributed by atoms with Crippen molar-refractivity contribution < 1.29 is 4.79 Å². The molecule has 18 heavy (non-hydrogen) atoms. The number of hydrogen-bond acceptors (Lipinski definition) is 1. The second-order valence-electron chi connectivity index (χ2n) is 5.05. The number of halogens is 1. The summed E-state index contributed by atoms with van der Waals surface area (Å²) < 4.78 is 0. The lowest BCUT2D eigenvalue weighted by Crippen LogP contribution is -2.28. The first-order chi connectivity index (χ1) is 8.63. The van der Waals surface area contributed by atoms with E-state index in [1.807, 2.05) is 17.0 Å². The molecule has 0 saturated carbocycles. The minimum Gasteiger partial charge on any atom is -0.342 e. The minimum absolute atomic E-state index is 0.121. The highest BCUT2D eigenvalue weighted by molar-refractivity contribution is 6.31. The lowest BCUT2D eigenvalue weighted by molar-refractivity contribution is -0.130. The minimum atomic E-state index is 0.121. The third-order valence-electron chi connectivity index (χ3n) is 3.71. The summed E-state index contributed by atoms with van der Waals surface area (Å²) in [6, 6.07) is 5.93. The Kier molecular flexibility index (Phi) is 4.28. The van der Waals surface area contributed by atoms with Gasteiger partial charge < -0.3 is 4.90 Å². The van der Waals surface area contributed by atoms with Gasteiger partial charge in [-0.3, -0.25) is 4.79 Å². The monoisotopic (exact) mass is 265 g/mol. The predicted octanol–water partition coefficient (Wildman–Crippen LogP) is 3.45. The maximum Gasteiger partial charge on any atom is 0.226 e. The molecule has 1 heterocycles. The van der Waals surface area contributed by atoms with E-state index >= 15 is 0 Å². The molecule has 2 rings (SSSR count). The molecule has 1 saturated heterocycles. The molecule has 1 aliphatic heterocycles. The summed E-state index contributed by atoms with van der Waals surface area (Å²) in [4.78, 5) is 14.2. The zero-order chi connectivity index (χ0) is 13.1. The van der Waals surface area contributed by atoms with Crippen molar-refractivity contribution in [3.63, 3.8) is 0 Å². The highest BCUT2D eigenvalue weighted by atomic mass is 35.5. The maximum atomic E-state index is 12.2. The summed E-state index contributed by atoms with van der Waals surface area (Å²) >= 11 is 6.23. The molecular weight excluding hydrogens is 246 g/mol. The molecule has 0 aromatic heterocycles. The van der Waals surface area contributed by atoms with Gasteiger partial charge in [0.05, 0.1) is 0 Å². The SMILES string of the molecule is CCCN1CCC(Cc2c(C)cccc2Cl)C1=O. The third-order valence-corrected chi connectivity index (χ3v) is 4.06. The third kappa shape index (κ3) is 2.69. The quantitative estimate of drug-likeness (QED) is 0.817. The number of hydrogen-bond donors (Lipinski definition) is 0. The summed E-state index contributed by atoms with van der Waals surface area (Å²) in [5.41, 5.74) is 2.32. The number of amides is 1. The molecule has 0 bridgehead atoms. The van der Waals surface area contributed by atoms with E-state index in [0.29, 0.717) is 5.91 Å². The van der Waals surface area contributed by atoms with Gasteiger partial charge in [-0.1, -0.05) is 30.7 Å². The average molecular weight is 266 g/mol. The Morgan fingerprint density at radius 2 is 2.22 bits per heavy atom. The molecule has 0 N–H and O–H groups in total. The number of carbonyl (C=O) groups excluding carboxylic acids is 1. The molecule has 1 aliphatic rings. The van der Waals surface area contributed by atoms with Crippen LogP contribution in [-0.4, -0.2) is 23.9 Å². The van der Waals surface area contributed by atoms with E-state index in [9.17, 15) is 4.79 Å². The number of carbonyl (C=O) groups is 1. The average Bonchev–Trinajstić information content (AvgIpc) is 2.67. The van der Waals surface area contributed by atoms with Crippen LogP contribution >= 0.6 is 11.6 Å². The van der Waals surface area contributed by atoms with Gasteiger partial charge in [-0.05, 0) is 43.4 Å². The topological polar surface area (TPSA) is 20.3 Å². The normalized spacial score (nSPS) is 19.6. The van der Waals surface area contributed by atoms with Gasteiger partial charge in [0, 0.05) is 24.0 Å². The summed E-state index contributed by atoms with van der Waals surface area (Å²) in [6.45, 7) is 5.96. The first-order valence-electron chi connectivity index (χ1n) is 6.66. The van der Waals surface area contributed by atoms with Crippen LogP contribution in [0.3, 0.4) is 0 Å². The summed E-state index contributed by atoms with van der Waals surface area (Å²) in [7, 11) is 0. The number of likely N-dealkylation sites (tertiary alicyclic amines) is 1. The zero-order valence-corrected chi connectivity index (χ0v) is 11.8. The van der Waals surface area contributed by atoms with Crippen molar-refractivity contribution in [3.8, 4) is 0 Å². The summed E-state index contributed by atoms with van der Waals surface area (Å²) in [6.07, 6.45) is 2.78. The van der Waals surface area contributed by atoms with Crippen LogP contribution in [0.25, 0.3) is 0 Å². The van der Waals surface area contributed by atoms with E-state index in [1.165, 1.54) is 5.56 Å². The van der Waals surface area contributed by atoms with Crippen LogP contribution in [0.15, 0.2) is 18.2 Å². The van der Waals surface area contributed by atoms with Gasteiger partial charge in [0.1, 0.15) is 0 Å². The van der Waals surface area contributed by atoms with Gasteiger partial charge >= 0.3 is 0 Å². The molecule has 1 amide bonds. The number of aryl methyl sites for hydroxylation is 1. The van der Waals surface area contributed by atoms with E-state index in [1.54, 1.807) is 0 Å². The van der Waals surface area contributed by atoms with Gasteiger partial charge in [-0.15, -0.1) is 0 Å². The first-order valence-corrected chi connectivity index (χ1v) is 7.04. The molecule has 98 valence electrons. The molecule has 3 heteroatoms. The largest absolute Gasteiger partial charge is 0.342 e. The van der Waals surface area contributed by atoms with Gasteiger partial charge in [-0.25, -0.2) is 0 Å². The standard InChI is InChI=1S/C15H20ClNO/c1-3-8-17-9-7-12(15(17)18)10-13-11(2)5-4-6-14(13)16/h4-6,12H,3,7-10H2,1-2H3. The Bertz CT molecular complexity index is 424. The van der Waals surface area contributed by atoms with Crippen LogP contribution in [-0.2, 0) is 11.2 Å². The van der Waals surface area contributed by atoms with Crippen molar-refractivity contribution in [1.29, 1.82) is 0 Å². The number of benzene rings is 1. The van der Waals surface area contributed by atoms with Crippen molar-refractivity contribution >= 4 is 17.5 Å². The van der Waals surface area contributed by atoms with E-state index in [4.69, 9.17) is 11.6 Å². The van der Waals surface area contributed by atoms with E-state index in [0.717, 1.165) is 42.9 Å². The molecule has 0 aliphatic carbocycles. The second-order valence-corrected chi connectivity index (χ2v) is 5.46. The van der Waals surface area contributed by atoms with Crippen LogP contribution in [0.1, 0.15) is 30.9 Å². The summed E-state index contributed by atoms with van der Waals surface area (Å²) in [5.74, 6) is 0.423. The lowest BCUT2D eigenvalue weighted by atomic mass is 9.95. The molecule has 1 fully saturated rings. The van der Waals surface area contributed by atoms with Crippen molar-refractivity contribution in [2.45, 2.75) is 33.1 Å². The Balaban J connectivity index is 2.09. The van der Waals surface area contributed by atoms with E-state index in [-0.39, 0.29) is 5.92 Å². The first kappa shape index (κ1) is 13.4. The van der Waals surface area contributed by atoms with Crippen molar-refractivity contribution in [1.82, 2.24) is 4.90 Å². The smallest absolute Gasteiger partial charge is 0.226 e. The van der Waals surface area contributed by atoms with Gasteiger partial charge in [0.25, 0.3) is 0 Å².